The van der Waals surface area contributed by atoms with Gasteiger partial charge in [-0.25, -0.2) is 18.7 Å². The lowest BCUT2D eigenvalue weighted by Gasteiger charge is -2.35. The standard InChI is InChI=1S/C17H17F2N7O2/c18-15(19)9-28-16-12-7-11(1-2-13(12)20-10-21-16)25-3-5-26(6-4-25)17(27)14-8-22-24-23-14/h1-2,7-8,10,15H,3-6,9H2,(H,22,23,24). The van der Waals surface area contributed by atoms with Crippen LogP contribution < -0.4 is 9.64 Å². The molecule has 0 radical (unpaired) electrons. The highest BCUT2D eigenvalue weighted by Gasteiger charge is 2.24. The summed E-state index contributed by atoms with van der Waals surface area (Å²) in [6.45, 7) is 1.58. The third kappa shape index (κ3) is 3.68. The number of aromatic amines is 1. The Kier molecular flexibility index (Phi) is 4.96. The smallest absolute Gasteiger partial charge is 0.276 e. The minimum atomic E-state index is -2.58. The van der Waals surface area contributed by atoms with Gasteiger partial charge in [0, 0.05) is 31.9 Å². The largest absolute Gasteiger partial charge is 0.471 e. The number of hydrogen-bond acceptors (Lipinski definition) is 7. The first-order chi connectivity index (χ1) is 13.6. The van der Waals surface area contributed by atoms with Gasteiger partial charge in [-0.1, -0.05) is 0 Å². The van der Waals surface area contributed by atoms with Crippen molar-refractivity contribution in [2.45, 2.75) is 6.43 Å². The summed E-state index contributed by atoms with van der Waals surface area (Å²) in [5, 5.41) is 10.5. The highest BCUT2D eigenvalue weighted by atomic mass is 19.3. The number of hydrogen-bond donors (Lipinski definition) is 1. The first-order valence-electron chi connectivity index (χ1n) is 8.67. The lowest BCUT2D eigenvalue weighted by molar-refractivity contribution is 0.0740. The third-order valence-corrected chi connectivity index (χ3v) is 4.49. The Hall–Kier alpha value is -3.37. The molecule has 1 aliphatic rings. The Bertz CT molecular complexity index is 959. The van der Waals surface area contributed by atoms with E-state index in [1.54, 1.807) is 11.0 Å². The van der Waals surface area contributed by atoms with Crippen molar-refractivity contribution < 1.29 is 18.3 Å². The van der Waals surface area contributed by atoms with Gasteiger partial charge in [0.1, 0.15) is 6.33 Å². The Labute approximate surface area is 158 Å². The van der Waals surface area contributed by atoms with E-state index in [4.69, 9.17) is 4.74 Å². The van der Waals surface area contributed by atoms with Crippen LogP contribution in [0.4, 0.5) is 14.5 Å². The maximum absolute atomic E-state index is 12.5. The number of benzene rings is 1. The minimum absolute atomic E-state index is 0.131. The van der Waals surface area contributed by atoms with Crippen LogP contribution in [0.15, 0.2) is 30.7 Å². The van der Waals surface area contributed by atoms with Crippen molar-refractivity contribution in [3.63, 3.8) is 0 Å². The maximum Gasteiger partial charge on any atom is 0.276 e. The molecule has 0 saturated carbocycles. The molecule has 9 nitrogen and oxygen atoms in total. The Morgan fingerprint density at radius 2 is 2.04 bits per heavy atom. The van der Waals surface area contributed by atoms with Crippen LogP contribution >= 0.6 is 0 Å². The molecule has 1 fully saturated rings. The molecule has 3 heterocycles. The quantitative estimate of drug-likeness (QED) is 0.703. The fraction of sp³-hybridized carbons (Fsp3) is 0.353. The first-order valence-corrected chi connectivity index (χ1v) is 8.67. The van der Waals surface area contributed by atoms with Gasteiger partial charge in [0.2, 0.25) is 5.88 Å². The summed E-state index contributed by atoms with van der Waals surface area (Å²) in [5.74, 6) is -0.0324. The van der Waals surface area contributed by atoms with Gasteiger partial charge in [0.05, 0.1) is 17.1 Å². The van der Waals surface area contributed by atoms with Gasteiger partial charge in [-0.05, 0) is 18.2 Å². The number of piperazine rings is 1. The summed E-state index contributed by atoms with van der Waals surface area (Å²) in [5.41, 5.74) is 1.79. The van der Waals surface area contributed by atoms with E-state index in [1.165, 1.54) is 12.5 Å². The molecule has 0 aliphatic carbocycles. The fourth-order valence-corrected chi connectivity index (χ4v) is 3.11. The molecule has 0 spiro atoms. The second kappa shape index (κ2) is 7.71. The van der Waals surface area contributed by atoms with E-state index in [-0.39, 0.29) is 17.5 Å². The van der Waals surface area contributed by atoms with E-state index in [0.717, 1.165) is 5.69 Å². The molecule has 3 aromatic rings. The average molecular weight is 389 g/mol. The number of halogens is 2. The highest BCUT2D eigenvalue weighted by Crippen LogP contribution is 2.27. The lowest BCUT2D eigenvalue weighted by Crippen LogP contribution is -2.48. The molecule has 1 saturated heterocycles. The van der Waals surface area contributed by atoms with Crippen LogP contribution in [0.25, 0.3) is 10.9 Å². The number of carbonyl (C=O) groups excluding carboxylic acids is 1. The number of nitrogens with one attached hydrogen (secondary N) is 1. The van der Waals surface area contributed by atoms with Gasteiger partial charge < -0.3 is 14.5 Å². The van der Waals surface area contributed by atoms with Gasteiger partial charge >= 0.3 is 0 Å². The monoisotopic (exact) mass is 389 g/mol. The first kappa shape index (κ1) is 18.0. The van der Waals surface area contributed by atoms with E-state index in [2.05, 4.69) is 30.3 Å². The Morgan fingerprint density at radius 3 is 2.75 bits per heavy atom. The molecule has 0 atom stereocenters. The number of ether oxygens (including phenoxy) is 1. The molecule has 1 aromatic carbocycles. The van der Waals surface area contributed by atoms with Crippen molar-refractivity contribution in [1.29, 1.82) is 0 Å². The van der Waals surface area contributed by atoms with Crippen LogP contribution in [-0.4, -0.2) is 75.4 Å². The van der Waals surface area contributed by atoms with Crippen molar-refractivity contribution in [3.8, 4) is 5.88 Å². The van der Waals surface area contributed by atoms with Gasteiger partial charge in [0.15, 0.2) is 12.3 Å². The van der Waals surface area contributed by atoms with Gasteiger partial charge in [-0.3, -0.25) is 4.79 Å². The summed E-state index contributed by atoms with van der Waals surface area (Å²) in [6, 6.07) is 5.53. The van der Waals surface area contributed by atoms with Crippen molar-refractivity contribution >= 4 is 22.5 Å². The Morgan fingerprint density at radius 1 is 1.21 bits per heavy atom. The number of aromatic nitrogens is 5. The molecule has 0 unspecified atom stereocenters. The van der Waals surface area contributed by atoms with Crippen molar-refractivity contribution in [1.82, 2.24) is 30.3 Å². The molecular formula is C17H17F2N7O2. The van der Waals surface area contributed by atoms with Crippen LogP contribution in [0, 0.1) is 0 Å². The predicted molar refractivity (Wildman–Crippen MR) is 95.5 cm³/mol. The van der Waals surface area contributed by atoms with Gasteiger partial charge in [-0.15, -0.1) is 0 Å². The van der Waals surface area contributed by atoms with Crippen LogP contribution in [0.2, 0.25) is 0 Å². The van der Waals surface area contributed by atoms with E-state index >= 15 is 0 Å². The number of anilines is 1. The van der Waals surface area contributed by atoms with Crippen molar-refractivity contribution in [2.75, 3.05) is 37.7 Å². The zero-order valence-electron chi connectivity index (χ0n) is 14.8. The summed E-state index contributed by atoms with van der Waals surface area (Å²) in [6.07, 6.45) is 0.110. The topological polar surface area (TPSA) is 100 Å². The number of amides is 1. The van der Waals surface area contributed by atoms with E-state index in [9.17, 15) is 13.6 Å². The SMILES string of the molecule is O=C(c1cn[nH]n1)N1CCN(c2ccc3ncnc(OCC(F)F)c3c2)CC1. The molecule has 146 valence electrons. The zero-order chi connectivity index (χ0) is 19.5. The number of carbonyl (C=O) groups is 1. The van der Waals surface area contributed by atoms with Gasteiger partial charge in [0.25, 0.3) is 12.3 Å². The molecule has 1 aliphatic heterocycles. The number of fused-ring (bicyclic) bond motifs is 1. The lowest BCUT2D eigenvalue weighted by atomic mass is 10.2. The van der Waals surface area contributed by atoms with E-state index < -0.39 is 13.0 Å². The minimum Gasteiger partial charge on any atom is -0.471 e. The highest BCUT2D eigenvalue weighted by molar-refractivity contribution is 5.92. The summed E-state index contributed by atoms with van der Waals surface area (Å²) < 4.78 is 30.1. The maximum atomic E-state index is 12.5. The van der Waals surface area contributed by atoms with Crippen molar-refractivity contribution in [2.24, 2.45) is 0 Å². The Balaban J connectivity index is 1.49. The molecule has 4 rings (SSSR count). The third-order valence-electron chi connectivity index (χ3n) is 4.49. The number of rotatable bonds is 5. The molecule has 1 amide bonds. The second-order valence-corrected chi connectivity index (χ2v) is 6.22. The van der Waals surface area contributed by atoms with E-state index in [1.807, 2.05) is 12.1 Å². The molecule has 1 N–H and O–H groups in total. The second-order valence-electron chi connectivity index (χ2n) is 6.22. The van der Waals surface area contributed by atoms with Crippen LogP contribution in [0.1, 0.15) is 10.5 Å². The average Bonchev–Trinajstić information content (AvgIpc) is 3.26. The van der Waals surface area contributed by atoms with E-state index in [0.29, 0.717) is 37.1 Å². The van der Waals surface area contributed by atoms with Gasteiger partial charge in [-0.2, -0.15) is 15.4 Å². The fourth-order valence-electron chi connectivity index (χ4n) is 3.11. The summed E-state index contributed by atoms with van der Waals surface area (Å²) in [7, 11) is 0. The molecule has 11 heteroatoms. The molecule has 28 heavy (non-hydrogen) atoms. The summed E-state index contributed by atoms with van der Waals surface area (Å²) >= 11 is 0. The normalized spacial score (nSPS) is 14.7. The molecule has 0 bridgehead atoms. The molecule has 2 aromatic heterocycles. The van der Waals surface area contributed by atoms with Crippen LogP contribution in [0.3, 0.4) is 0 Å². The predicted octanol–water partition coefficient (Wildman–Crippen LogP) is 1.35. The summed E-state index contributed by atoms with van der Waals surface area (Å²) in [4.78, 5) is 24.3. The van der Waals surface area contributed by atoms with Crippen LogP contribution in [0.5, 0.6) is 5.88 Å². The number of H-pyrrole nitrogens is 1. The number of nitrogens with zero attached hydrogens (tertiary/aromatic N) is 6. The number of alkyl halides is 2. The zero-order valence-corrected chi connectivity index (χ0v) is 14.8. The van der Waals surface area contributed by atoms with Crippen LogP contribution in [-0.2, 0) is 0 Å². The molecular weight excluding hydrogens is 372 g/mol. The van der Waals surface area contributed by atoms with Crippen molar-refractivity contribution in [3.05, 3.63) is 36.4 Å².